The molecule has 1 aromatic heterocycles. The summed E-state index contributed by atoms with van der Waals surface area (Å²) in [4.78, 5) is 0. The van der Waals surface area contributed by atoms with Crippen LogP contribution in [-0.4, -0.2) is 19.8 Å². The molecule has 6 heteroatoms. The SMILES string of the molecule is CCCCCCCCn1nnn(CCc2ccccc2)c1=N.Cl. The van der Waals surface area contributed by atoms with Crippen molar-refractivity contribution in [3.05, 3.63) is 41.5 Å². The fraction of sp³-hybridized carbons (Fsp3) is 0.588. The van der Waals surface area contributed by atoms with Crippen LogP contribution in [0.1, 0.15) is 51.0 Å². The van der Waals surface area contributed by atoms with Crippen molar-refractivity contribution in [3.8, 4) is 0 Å². The van der Waals surface area contributed by atoms with Gasteiger partial charge < -0.3 is 0 Å². The van der Waals surface area contributed by atoms with Crippen molar-refractivity contribution in [2.75, 3.05) is 0 Å². The standard InChI is InChI=1S/C17H27N5.ClH/c1-2-3-4-5-6-10-14-21-17(18)22(20-19-21)15-13-16-11-8-7-9-12-16;/h7-9,11-12,18H,2-6,10,13-15H2,1H3;1H. The van der Waals surface area contributed by atoms with E-state index in [1.165, 1.54) is 37.7 Å². The molecule has 0 amide bonds. The lowest BCUT2D eigenvalue weighted by Gasteiger charge is -2.02. The number of rotatable bonds is 10. The van der Waals surface area contributed by atoms with E-state index in [9.17, 15) is 0 Å². The average molecular weight is 338 g/mol. The number of unbranched alkanes of at least 4 members (excludes halogenated alkanes) is 5. The second-order valence-corrected chi connectivity index (χ2v) is 5.75. The van der Waals surface area contributed by atoms with E-state index in [2.05, 4.69) is 29.5 Å². The van der Waals surface area contributed by atoms with Crippen molar-refractivity contribution in [2.45, 2.75) is 65.0 Å². The van der Waals surface area contributed by atoms with Crippen LogP contribution in [0.3, 0.4) is 0 Å². The molecule has 2 rings (SSSR count). The van der Waals surface area contributed by atoms with Crippen LogP contribution in [0.5, 0.6) is 0 Å². The molecule has 0 saturated carbocycles. The number of nitrogens with one attached hydrogen (secondary N) is 1. The quantitative estimate of drug-likeness (QED) is 0.673. The Morgan fingerprint density at radius 1 is 0.870 bits per heavy atom. The topological polar surface area (TPSA) is 59.5 Å². The van der Waals surface area contributed by atoms with E-state index in [0.29, 0.717) is 12.2 Å². The minimum Gasteiger partial charge on any atom is -0.266 e. The van der Waals surface area contributed by atoms with Crippen LogP contribution in [0.4, 0.5) is 0 Å². The number of aromatic nitrogens is 4. The molecule has 0 atom stereocenters. The Balaban J connectivity index is 0.00000264. The van der Waals surface area contributed by atoms with Gasteiger partial charge in [-0.15, -0.1) is 12.4 Å². The molecule has 128 valence electrons. The Kier molecular flexibility index (Phi) is 9.29. The Hall–Kier alpha value is -1.62. The van der Waals surface area contributed by atoms with E-state index in [1.54, 1.807) is 9.36 Å². The molecule has 0 radical (unpaired) electrons. The van der Waals surface area contributed by atoms with E-state index >= 15 is 0 Å². The number of hydrogen-bond acceptors (Lipinski definition) is 3. The molecule has 0 aliphatic heterocycles. The van der Waals surface area contributed by atoms with Crippen LogP contribution in [0, 0.1) is 5.41 Å². The van der Waals surface area contributed by atoms with E-state index in [4.69, 9.17) is 5.41 Å². The summed E-state index contributed by atoms with van der Waals surface area (Å²) in [6.07, 6.45) is 8.38. The van der Waals surface area contributed by atoms with Crippen LogP contribution < -0.4 is 5.62 Å². The molecule has 0 aliphatic carbocycles. The summed E-state index contributed by atoms with van der Waals surface area (Å²) in [5, 5.41) is 16.3. The first-order valence-corrected chi connectivity index (χ1v) is 8.40. The third-order valence-electron chi connectivity index (χ3n) is 3.92. The number of nitrogens with zero attached hydrogens (tertiary/aromatic N) is 4. The number of tetrazole rings is 1. The minimum absolute atomic E-state index is 0. The van der Waals surface area contributed by atoms with Gasteiger partial charge in [-0.1, -0.05) is 69.4 Å². The van der Waals surface area contributed by atoms with Gasteiger partial charge in [-0.3, -0.25) is 5.41 Å². The lowest BCUT2D eigenvalue weighted by atomic mass is 10.1. The number of aryl methyl sites for hydroxylation is 3. The fourth-order valence-electron chi connectivity index (χ4n) is 2.54. The normalized spacial score (nSPS) is 10.5. The van der Waals surface area contributed by atoms with Gasteiger partial charge >= 0.3 is 0 Å². The zero-order chi connectivity index (χ0) is 15.6. The smallest absolute Gasteiger partial charge is 0.238 e. The molecular formula is C17H28ClN5. The van der Waals surface area contributed by atoms with Crippen molar-refractivity contribution in [1.29, 1.82) is 5.41 Å². The van der Waals surface area contributed by atoms with Crippen LogP contribution in [0.15, 0.2) is 30.3 Å². The van der Waals surface area contributed by atoms with Crippen molar-refractivity contribution >= 4 is 12.4 Å². The highest BCUT2D eigenvalue weighted by Crippen LogP contribution is 2.05. The van der Waals surface area contributed by atoms with Crippen molar-refractivity contribution in [2.24, 2.45) is 0 Å². The average Bonchev–Trinajstić information content (AvgIpc) is 2.90. The van der Waals surface area contributed by atoms with Crippen molar-refractivity contribution in [3.63, 3.8) is 0 Å². The maximum Gasteiger partial charge on any atom is 0.238 e. The molecule has 0 aliphatic rings. The van der Waals surface area contributed by atoms with Crippen molar-refractivity contribution in [1.82, 2.24) is 19.8 Å². The van der Waals surface area contributed by atoms with Crippen molar-refractivity contribution < 1.29 is 0 Å². The predicted octanol–water partition coefficient (Wildman–Crippen LogP) is 3.58. The van der Waals surface area contributed by atoms with Gasteiger partial charge in [0.15, 0.2) is 0 Å². The van der Waals surface area contributed by atoms with Gasteiger partial charge in [0.1, 0.15) is 0 Å². The Bertz CT molecular complexity index is 591. The molecular weight excluding hydrogens is 310 g/mol. The summed E-state index contributed by atoms with van der Waals surface area (Å²) in [5.41, 5.74) is 1.67. The second-order valence-electron chi connectivity index (χ2n) is 5.75. The molecule has 1 heterocycles. The minimum atomic E-state index is 0. The molecule has 2 aromatic rings. The van der Waals surface area contributed by atoms with Gasteiger partial charge in [0.25, 0.3) is 0 Å². The molecule has 1 N–H and O–H groups in total. The highest BCUT2D eigenvalue weighted by atomic mass is 35.5. The zero-order valence-corrected chi connectivity index (χ0v) is 14.8. The molecule has 1 aromatic carbocycles. The highest BCUT2D eigenvalue weighted by molar-refractivity contribution is 5.85. The Morgan fingerprint density at radius 2 is 1.48 bits per heavy atom. The third-order valence-corrected chi connectivity index (χ3v) is 3.92. The maximum atomic E-state index is 8.14. The first-order valence-electron chi connectivity index (χ1n) is 8.40. The molecule has 0 bridgehead atoms. The van der Waals surface area contributed by atoms with E-state index in [1.807, 2.05) is 18.2 Å². The fourth-order valence-corrected chi connectivity index (χ4v) is 2.54. The largest absolute Gasteiger partial charge is 0.266 e. The predicted molar refractivity (Wildman–Crippen MR) is 94.6 cm³/mol. The van der Waals surface area contributed by atoms with Gasteiger partial charge in [-0.2, -0.15) is 0 Å². The summed E-state index contributed by atoms with van der Waals surface area (Å²) in [7, 11) is 0. The monoisotopic (exact) mass is 337 g/mol. The Labute approximate surface area is 144 Å². The van der Waals surface area contributed by atoms with E-state index in [0.717, 1.165) is 19.4 Å². The van der Waals surface area contributed by atoms with Crippen LogP contribution in [0.2, 0.25) is 0 Å². The second kappa shape index (κ2) is 11.0. The van der Waals surface area contributed by atoms with E-state index in [-0.39, 0.29) is 12.4 Å². The third kappa shape index (κ3) is 6.57. The zero-order valence-electron chi connectivity index (χ0n) is 13.9. The Morgan fingerprint density at radius 3 is 2.17 bits per heavy atom. The van der Waals surface area contributed by atoms with Crippen LogP contribution in [0.25, 0.3) is 0 Å². The maximum absolute atomic E-state index is 8.14. The summed E-state index contributed by atoms with van der Waals surface area (Å²) < 4.78 is 3.40. The highest BCUT2D eigenvalue weighted by Gasteiger charge is 2.03. The summed E-state index contributed by atoms with van der Waals surface area (Å²) >= 11 is 0. The van der Waals surface area contributed by atoms with Gasteiger partial charge in [0, 0.05) is 6.54 Å². The number of hydrogen-bond donors (Lipinski definition) is 1. The van der Waals surface area contributed by atoms with Gasteiger partial charge in [-0.25, -0.2) is 9.36 Å². The van der Waals surface area contributed by atoms with Gasteiger partial charge in [0.2, 0.25) is 5.62 Å². The molecule has 0 spiro atoms. The molecule has 0 unspecified atom stereocenters. The summed E-state index contributed by atoms with van der Waals surface area (Å²) in [5.74, 6) is 0. The number of benzene rings is 1. The van der Waals surface area contributed by atoms with Crippen LogP contribution in [-0.2, 0) is 19.5 Å². The summed E-state index contributed by atoms with van der Waals surface area (Å²) in [6.45, 7) is 3.74. The lowest BCUT2D eigenvalue weighted by molar-refractivity contribution is 0.497. The molecule has 5 nitrogen and oxygen atoms in total. The summed E-state index contributed by atoms with van der Waals surface area (Å²) in [6, 6.07) is 10.3. The lowest BCUT2D eigenvalue weighted by Crippen LogP contribution is -2.26. The molecule has 0 saturated heterocycles. The molecule has 0 fully saturated rings. The van der Waals surface area contributed by atoms with Crippen LogP contribution >= 0.6 is 12.4 Å². The first kappa shape index (κ1) is 19.4. The van der Waals surface area contributed by atoms with Gasteiger partial charge in [-0.05, 0) is 28.8 Å². The van der Waals surface area contributed by atoms with Gasteiger partial charge in [0.05, 0.1) is 6.54 Å². The molecule has 23 heavy (non-hydrogen) atoms. The van der Waals surface area contributed by atoms with E-state index < -0.39 is 0 Å². The first-order chi connectivity index (χ1) is 10.8. The number of halogens is 1.